The van der Waals surface area contributed by atoms with Gasteiger partial charge in [-0.1, -0.05) is 30.3 Å². The Labute approximate surface area is 149 Å². The summed E-state index contributed by atoms with van der Waals surface area (Å²) < 4.78 is 11.0. The summed E-state index contributed by atoms with van der Waals surface area (Å²) in [6, 6.07) is 13.5. The van der Waals surface area contributed by atoms with Crippen LogP contribution in [-0.2, 0) is 4.79 Å². The number of hydrogen-bond acceptors (Lipinski definition) is 4. The maximum atomic E-state index is 12.2. The Kier molecular flexibility index (Phi) is 6.83. The molecule has 2 rings (SSSR count). The number of amides is 1. The number of rotatable bonds is 8. The number of aryl methyl sites for hydroxylation is 2. The summed E-state index contributed by atoms with van der Waals surface area (Å²) in [5, 5.41) is 2.99. The number of nitrogens with one attached hydrogen (secondary N) is 1. The van der Waals surface area contributed by atoms with Gasteiger partial charge in [-0.2, -0.15) is 0 Å². The van der Waals surface area contributed by atoms with Crippen LogP contribution in [0.4, 0.5) is 5.69 Å². The molecule has 0 saturated carbocycles. The van der Waals surface area contributed by atoms with Crippen molar-refractivity contribution < 1.29 is 14.3 Å². The van der Waals surface area contributed by atoms with E-state index in [0.29, 0.717) is 31.2 Å². The minimum atomic E-state index is -0.0304. The van der Waals surface area contributed by atoms with E-state index in [9.17, 15) is 4.79 Å². The SMILES string of the molecule is COc1ccccc1OCCN(C)CC(=O)Nc1c(C)cccc1C. The Balaban J connectivity index is 1.80. The molecule has 0 saturated heterocycles. The molecular formula is C20H26N2O3. The first kappa shape index (κ1) is 18.8. The van der Waals surface area contributed by atoms with E-state index in [4.69, 9.17) is 9.47 Å². The van der Waals surface area contributed by atoms with Crippen molar-refractivity contribution in [3.63, 3.8) is 0 Å². The molecule has 25 heavy (non-hydrogen) atoms. The Morgan fingerprint density at radius 1 is 1.04 bits per heavy atom. The van der Waals surface area contributed by atoms with E-state index in [1.54, 1.807) is 7.11 Å². The normalized spacial score (nSPS) is 10.6. The Bertz CT molecular complexity index is 696. The fourth-order valence-corrected chi connectivity index (χ4v) is 2.56. The molecule has 0 aliphatic heterocycles. The van der Waals surface area contributed by atoms with Crippen LogP contribution in [0.5, 0.6) is 11.5 Å². The van der Waals surface area contributed by atoms with E-state index in [2.05, 4.69) is 5.32 Å². The highest BCUT2D eigenvalue weighted by atomic mass is 16.5. The number of likely N-dealkylation sites (N-methyl/N-ethyl adjacent to an activating group) is 1. The summed E-state index contributed by atoms with van der Waals surface area (Å²) in [5.41, 5.74) is 3.03. The fourth-order valence-electron chi connectivity index (χ4n) is 2.56. The zero-order valence-electron chi connectivity index (χ0n) is 15.3. The van der Waals surface area contributed by atoms with E-state index in [0.717, 1.165) is 16.8 Å². The Morgan fingerprint density at radius 2 is 1.68 bits per heavy atom. The van der Waals surface area contributed by atoms with Crippen LogP contribution in [0.25, 0.3) is 0 Å². The second-order valence-corrected chi connectivity index (χ2v) is 6.05. The molecule has 134 valence electrons. The zero-order valence-corrected chi connectivity index (χ0v) is 15.3. The lowest BCUT2D eigenvalue weighted by molar-refractivity contribution is -0.117. The lowest BCUT2D eigenvalue weighted by Gasteiger charge is -2.18. The summed E-state index contributed by atoms with van der Waals surface area (Å²) in [5.74, 6) is 1.38. The minimum absolute atomic E-state index is 0.0304. The highest BCUT2D eigenvalue weighted by Gasteiger charge is 2.10. The van der Waals surface area contributed by atoms with Gasteiger partial charge >= 0.3 is 0 Å². The zero-order chi connectivity index (χ0) is 18.2. The Hall–Kier alpha value is -2.53. The van der Waals surface area contributed by atoms with Crippen molar-refractivity contribution in [2.24, 2.45) is 0 Å². The molecule has 5 heteroatoms. The second-order valence-electron chi connectivity index (χ2n) is 6.05. The average Bonchev–Trinajstić information content (AvgIpc) is 2.58. The molecule has 0 bridgehead atoms. The van der Waals surface area contributed by atoms with Crippen LogP contribution in [0, 0.1) is 13.8 Å². The molecule has 5 nitrogen and oxygen atoms in total. The van der Waals surface area contributed by atoms with Crippen molar-refractivity contribution in [2.45, 2.75) is 13.8 Å². The summed E-state index contributed by atoms with van der Waals surface area (Å²) >= 11 is 0. The third-order valence-corrected chi connectivity index (χ3v) is 3.96. The number of methoxy groups -OCH3 is 1. The van der Waals surface area contributed by atoms with Crippen LogP contribution < -0.4 is 14.8 Å². The number of anilines is 1. The van der Waals surface area contributed by atoms with Crippen molar-refractivity contribution in [3.8, 4) is 11.5 Å². The first-order chi connectivity index (χ1) is 12.0. The first-order valence-electron chi connectivity index (χ1n) is 8.31. The second kappa shape index (κ2) is 9.08. The number of benzene rings is 2. The molecule has 0 aliphatic carbocycles. The van der Waals surface area contributed by atoms with E-state index in [1.807, 2.05) is 68.3 Å². The van der Waals surface area contributed by atoms with Gasteiger partial charge in [0.05, 0.1) is 13.7 Å². The fraction of sp³-hybridized carbons (Fsp3) is 0.350. The van der Waals surface area contributed by atoms with E-state index in [1.165, 1.54) is 0 Å². The molecule has 0 fully saturated rings. The topological polar surface area (TPSA) is 50.8 Å². The molecule has 0 radical (unpaired) electrons. The molecule has 0 aromatic heterocycles. The first-order valence-corrected chi connectivity index (χ1v) is 8.31. The standard InChI is InChI=1S/C20H26N2O3/c1-15-8-7-9-16(2)20(15)21-19(23)14-22(3)12-13-25-18-11-6-5-10-17(18)24-4/h5-11H,12-14H2,1-4H3,(H,21,23). The molecule has 0 spiro atoms. The molecular weight excluding hydrogens is 316 g/mol. The van der Waals surface area contributed by atoms with Gasteiger partial charge in [-0.05, 0) is 44.2 Å². The van der Waals surface area contributed by atoms with Crippen LogP contribution in [0.1, 0.15) is 11.1 Å². The molecule has 0 unspecified atom stereocenters. The number of carbonyl (C=O) groups excluding carboxylic acids is 1. The molecule has 0 aliphatic rings. The number of nitrogens with zero attached hydrogens (tertiary/aromatic N) is 1. The van der Waals surface area contributed by atoms with Crippen LogP contribution in [0.3, 0.4) is 0 Å². The number of hydrogen-bond donors (Lipinski definition) is 1. The molecule has 2 aromatic rings. The number of para-hydroxylation sites is 3. The molecule has 2 aromatic carbocycles. The maximum absolute atomic E-state index is 12.2. The van der Waals surface area contributed by atoms with Crippen molar-refractivity contribution in [3.05, 3.63) is 53.6 Å². The quantitative estimate of drug-likeness (QED) is 0.800. The predicted molar refractivity (Wildman–Crippen MR) is 101 cm³/mol. The molecule has 1 N–H and O–H groups in total. The van der Waals surface area contributed by atoms with Gasteiger partial charge in [0, 0.05) is 12.2 Å². The third-order valence-electron chi connectivity index (χ3n) is 3.96. The van der Waals surface area contributed by atoms with Gasteiger partial charge in [0.1, 0.15) is 6.61 Å². The lowest BCUT2D eigenvalue weighted by Crippen LogP contribution is -2.33. The van der Waals surface area contributed by atoms with Gasteiger partial charge in [-0.25, -0.2) is 0 Å². The van der Waals surface area contributed by atoms with Crippen molar-refractivity contribution >= 4 is 11.6 Å². The van der Waals surface area contributed by atoms with Crippen molar-refractivity contribution in [1.29, 1.82) is 0 Å². The summed E-state index contributed by atoms with van der Waals surface area (Å²) in [4.78, 5) is 14.2. The minimum Gasteiger partial charge on any atom is -0.493 e. The maximum Gasteiger partial charge on any atom is 0.238 e. The Morgan fingerprint density at radius 3 is 2.32 bits per heavy atom. The van der Waals surface area contributed by atoms with Crippen LogP contribution in [0.2, 0.25) is 0 Å². The summed E-state index contributed by atoms with van der Waals surface area (Å²) in [6.45, 7) is 5.41. The van der Waals surface area contributed by atoms with E-state index >= 15 is 0 Å². The number of carbonyl (C=O) groups is 1. The van der Waals surface area contributed by atoms with Crippen molar-refractivity contribution in [2.75, 3.05) is 39.2 Å². The predicted octanol–water partition coefficient (Wildman–Crippen LogP) is 3.26. The molecule has 1 amide bonds. The van der Waals surface area contributed by atoms with E-state index in [-0.39, 0.29) is 5.91 Å². The number of ether oxygens (including phenoxy) is 2. The lowest BCUT2D eigenvalue weighted by atomic mass is 10.1. The molecule has 0 heterocycles. The van der Waals surface area contributed by atoms with Gasteiger partial charge in [-0.3, -0.25) is 9.69 Å². The van der Waals surface area contributed by atoms with Crippen LogP contribution in [-0.4, -0.2) is 44.7 Å². The van der Waals surface area contributed by atoms with Gasteiger partial charge in [-0.15, -0.1) is 0 Å². The van der Waals surface area contributed by atoms with Gasteiger partial charge in [0.2, 0.25) is 5.91 Å². The monoisotopic (exact) mass is 342 g/mol. The van der Waals surface area contributed by atoms with Crippen molar-refractivity contribution in [1.82, 2.24) is 4.90 Å². The summed E-state index contributed by atoms with van der Waals surface area (Å²) in [7, 11) is 3.52. The average molecular weight is 342 g/mol. The highest BCUT2D eigenvalue weighted by Crippen LogP contribution is 2.25. The van der Waals surface area contributed by atoms with Gasteiger partial charge in [0.25, 0.3) is 0 Å². The smallest absolute Gasteiger partial charge is 0.238 e. The highest BCUT2D eigenvalue weighted by molar-refractivity contribution is 5.93. The largest absolute Gasteiger partial charge is 0.493 e. The third kappa shape index (κ3) is 5.50. The molecule has 0 atom stereocenters. The van der Waals surface area contributed by atoms with Crippen LogP contribution >= 0.6 is 0 Å². The van der Waals surface area contributed by atoms with E-state index < -0.39 is 0 Å². The van der Waals surface area contributed by atoms with Crippen LogP contribution in [0.15, 0.2) is 42.5 Å². The summed E-state index contributed by atoms with van der Waals surface area (Å²) in [6.07, 6.45) is 0. The van der Waals surface area contributed by atoms with Gasteiger partial charge in [0.15, 0.2) is 11.5 Å². The van der Waals surface area contributed by atoms with Gasteiger partial charge < -0.3 is 14.8 Å².